The molecule has 2 unspecified atom stereocenters. The Labute approximate surface area is 187 Å². The third-order valence-corrected chi connectivity index (χ3v) is 6.62. The number of likely N-dealkylation sites (tertiary alicyclic amines) is 1. The van der Waals surface area contributed by atoms with Gasteiger partial charge in [0.1, 0.15) is 0 Å². The summed E-state index contributed by atoms with van der Waals surface area (Å²) in [4.78, 5) is 11.5. The molecular weight excluding hydrogens is 394 g/mol. The van der Waals surface area contributed by atoms with E-state index >= 15 is 0 Å². The number of nitrogens with zero attached hydrogens (tertiary/aromatic N) is 3. The van der Waals surface area contributed by atoms with E-state index < -0.39 is 0 Å². The summed E-state index contributed by atoms with van der Waals surface area (Å²) in [5, 5.41) is 9.11. The first kappa shape index (κ1) is 23.5. The van der Waals surface area contributed by atoms with E-state index in [1.165, 1.54) is 24.3 Å². The van der Waals surface area contributed by atoms with E-state index in [0.717, 1.165) is 64.9 Å². The molecule has 0 spiro atoms. The van der Waals surface area contributed by atoms with Crippen LogP contribution in [0.1, 0.15) is 38.5 Å². The second-order valence-electron chi connectivity index (χ2n) is 9.07. The third kappa shape index (κ3) is 8.17. The molecule has 2 atom stereocenters. The lowest BCUT2D eigenvalue weighted by Gasteiger charge is -2.34. The van der Waals surface area contributed by atoms with Crippen LogP contribution in [0.25, 0.3) is 0 Å². The maximum absolute atomic E-state index is 5.98. The topological polar surface area (TPSA) is 52.1 Å². The van der Waals surface area contributed by atoms with Crippen molar-refractivity contribution in [1.29, 1.82) is 0 Å². The predicted molar refractivity (Wildman–Crippen MR) is 127 cm³/mol. The molecule has 0 saturated carbocycles. The average Bonchev–Trinajstić information content (AvgIpc) is 3.23. The fourth-order valence-electron chi connectivity index (χ4n) is 4.43. The number of hydrogen-bond acceptors (Lipinski definition) is 5. The largest absolute Gasteiger partial charge is 0.374 e. The summed E-state index contributed by atoms with van der Waals surface area (Å²) in [5.74, 6) is 2.27. The molecule has 2 aliphatic rings. The molecule has 2 aliphatic heterocycles. The van der Waals surface area contributed by atoms with Crippen molar-refractivity contribution in [2.24, 2.45) is 16.8 Å². The number of guanidine groups is 1. The Bertz CT molecular complexity index is 621. The molecule has 2 saturated heterocycles. The molecule has 170 valence electrons. The summed E-state index contributed by atoms with van der Waals surface area (Å²) >= 11 is 1.86. The highest BCUT2D eigenvalue weighted by Gasteiger charge is 2.22. The van der Waals surface area contributed by atoms with Crippen molar-refractivity contribution in [2.45, 2.75) is 46.3 Å². The Balaban J connectivity index is 1.44. The Kier molecular flexibility index (Phi) is 9.91. The molecule has 7 heteroatoms. The number of rotatable bonds is 9. The molecular formula is C23H41N5OS. The van der Waals surface area contributed by atoms with E-state index in [1.807, 2.05) is 11.3 Å². The van der Waals surface area contributed by atoms with Gasteiger partial charge >= 0.3 is 0 Å². The lowest BCUT2D eigenvalue weighted by atomic mass is 9.98. The van der Waals surface area contributed by atoms with Crippen LogP contribution in [0.15, 0.2) is 22.5 Å². The Morgan fingerprint density at radius 3 is 2.93 bits per heavy atom. The van der Waals surface area contributed by atoms with Gasteiger partial charge in [0.2, 0.25) is 0 Å². The molecule has 2 fully saturated rings. The predicted octanol–water partition coefficient (Wildman–Crippen LogP) is 2.87. The van der Waals surface area contributed by atoms with Gasteiger partial charge in [0.05, 0.1) is 12.7 Å². The van der Waals surface area contributed by atoms with E-state index in [4.69, 9.17) is 9.73 Å². The molecule has 0 aliphatic carbocycles. The number of piperidine rings is 1. The zero-order chi connectivity index (χ0) is 21.2. The normalized spacial score (nSPS) is 24.3. The monoisotopic (exact) mass is 435 g/mol. The lowest BCUT2D eigenvalue weighted by Crippen LogP contribution is -2.50. The van der Waals surface area contributed by atoms with Crippen LogP contribution in [0.3, 0.4) is 0 Å². The number of hydrogen-bond donors (Lipinski definition) is 2. The van der Waals surface area contributed by atoms with Gasteiger partial charge in [-0.15, -0.1) is 11.3 Å². The van der Waals surface area contributed by atoms with Crippen molar-refractivity contribution in [1.82, 2.24) is 20.4 Å². The molecule has 3 rings (SSSR count). The van der Waals surface area contributed by atoms with Crippen molar-refractivity contribution >= 4 is 17.3 Å². The van der Waals surface area contributed by atoms with Gasteiger partial charge in [-0.25, -0.2) is 0 Å². The van der Waals surface area contributed by atoms with Crippen LogP contribution in [-0.4, -0.2) is 80.8 Å². The van der Waals surface area contributed by atoms with Gasteiger partial charge in [-0.2, -0.15) is 0 Å². The number of morpholine rings is 1. The van der Waals surface area contributed by atoms with Crippen LogP contribution in [0.5, 0.6) is 0 Å². The molecule has 0 aromatic carbocycles. The summed E-state index contributed by atoms with van der Waals surface area (Å²) in [6, 6.07) is 4.40. The van der Waals surface area contributed by atoms with Crippen molar-refractivity contribution in [3.8, 4) is 0 Å². The Morgan fingerprint density at radius 2 is 2.17 bits per heavy atom. The van der Waals surface area contributed by atoms with Crippen molar-refractivity contribution < 1.29 is 4.74 Å². The Hall–Kier alpha value is -1.15. The molecule has 2 N–H and O–H groups in total. The fourth-order valence-corrected chi connectivity index (χ4v) is 5.17. The summed E-state index contributed by atoms with van der Waals surface area (Å²) in [5.41, 5.74) is 0. The highest BCUT2D eigenvalue weighted by atomic mass is 32.1. The minimum absolute atomic E-state index is 0.234. The summed E-state index contributed by atoms with van der Waals surface area (Å²) in [6.45, 7) is 16.8. The second kappa shape index (κ2) is 12.6. The highest BCUT2D eigenvalue weighted by Crippen LogP contribution is 2.20. The van der Waals surface area contributed by atoms with Gasteiger partial charge in [-0.05, 0) is 49.6 Å². The van der Waals surface area contributed by atoms with E-state index in [2.05, 4.69) is 58.7 Å². The lowest BCUT2D eigenvalue weighted by molar-refractivity contribution is -0.0284. The van der Waals surface area contributed by atoms with Crippen LogP contribution in [0.2, 0.25) is 0 Å². The van der Waals surface area contributed by atoms with Crippen LogP contribution in [0.4, 0.5) is 0 Å². The summed E-state index contributed by atoms with van der Waals surface area (Å²) in [7, 11) is 0. The number of ether oxygens (including phenoxy) is 1. The number of aliphatic imine (C=N–C) groups is 1. The standard InChI is InChI=1S/C23H41N5OS/c1-4-24-23(26-14-21-17-28(10-11-29-21)15-19(2)3)25-13-20-7-5-9-27(16-20)18-22-8-6-12-30-22/h6,8,12,19-21H,4-5,7,9-11,13-18H2,1-3H3,(H2,24,25,26). The van der Waals surface area contributed by atoms with Crippen molar-refractivity contribution in [3.63, 3.8) is 0 Å². The van der Waals surface area contributed by atoms with Gasteiger partial charge in [-0.3, -0.25) is 14.8 Å². The first-order valence-corrected chi connectivity index (χ1v) is 12.6. The highest BCUT2D eigenvalue weighted by molar-refractivity contribution is 7.09. The molecule has 30 heavy (non-hydrogen) atoms. The SMILES string of the molecule is CCNC(=NCC1CCCN(Cc2cccs2)C1)NCC1CN(CC(C)C)CCO1. The zero-order valence-corrected chi connectivity index (χ0v) is 19.9. The molecule has 0 bridgehead atoms. The number of thiophene rings is 1. The number of nitrogens with one attached hydrogen (secondary N) is 2. The smallest absolute Gasteiger partial charge is 0.191 e. The van der Waals surface area contributed by atoms with Crippen molar-refractivity contribution in [2.75, 3.05) is 59.0 Å². The quantitative estimate of drug-likeness (QED) is 0.461. The molecule has 0 amide bonds. The first-order chi connectivity index (χ1) is 14.6. The Morgan fingerprint density at radius 1 is 1.27 bits per heavy atom. The van der Waals surface area contributed by atoms with Crippen LogP contribution >= 0.6 is 11.3 Å². The molecule has 0 radical (unpaired) electrons. The molecule has 6 nitrogen and oxygen atoms in total. The molecule has 1 aromatic rings. The van der Waals surface area contributed by atoms with E-state index in [0.29, 0.717) is 11.8 Å². The minimum Gasteiger partial charge on any atom is -0.374 e. The van der Waals surface area contributed by atoms with E-state index in [9.17, 15) is 0 Å². The second-order valence-corrected chi connectivity index (χ2v) is 10.1. The third-order valence-electron chi connectivity index (χ3n) is 5.76. The molecule has 1 aromatic heterocycles. The van der Waals surface area contributed by atoms with Crippen LogP contribution < -0.4 is 10.6 Å². The van der Waals surface area contributed by atoms with Gasteiger partial charge in [-0.1, -0.05) is 19.9 Å². The summed E-state index contributed by atoms with van der Waals surface area (Å²) in [6.07, 6.45) is 2.79. The van der Waals surface area contributed by atoms with Gasteiger partial charge in [0, 0.05) is 57.2 Å². The van der Waals surface area contributed by atoms with Crippen LogP contribution in [-0.2, 0) is 11.3 Å². The fraction of sp³-hybridized carbons (Fsp3) is 0.783. The van der Waals surface area contributed by atoms with E-state index in [-0.39, 0.29) is 6.10 Å². The zero-order valence-electron chi connectivity index (χ0n) is 19.1. The van der Waals surface area contributed by atoms with Gasteiger partial charge in [0.15, 0.2) is 5.96 Å². The van der Waals surface area contributed by atoms with Crippen LogP contribution in [0, 0.1) is 11.8 Å². The maximum atomic E-state index is 5.98. The van der Waals surface area contributed by atoms with Crippen molar-refractivity contribution in [3.05, 3.63) is 22.4 Å². The van der Waals surface area contributed by atoms with Gasteiger partial charge in [0.25, 0.3) is 0 Å². The molecule has 3 heterocycles. The first-order valence-electron chi connectivity index (χ1n) is 11.7. The van der Waals surface area contributed by atoms with Gasteiger partial charge < -0.3 is 15.4 Å². The maximum Gasteiger partial charge on any atom is 0.191 e. The average molecular weight is 436 g/mol. The summed E-state index contributed by atoms with van der Waals surface area (Å²) < 4.78 is 5.98. The minimum atomic E-state index is 0.234. The van der Waals surface area contributed by atoms with E-state index in [1.54, 1.807) is 0 Å².